The van der Waals surface area contributed by atoms with E-state index in [1.807, 2.05) is 50.2 Å². The van der Waals surface area contributed by atoms with Crippen LogP contribution in [-0.2, 0) is 9.59 Å². The summed E-state index contributed by atoms with van der Waals surface area (Å²) in [5.41, 5.74) is 2.14. The molecule has 2 amide bonds. The number of aryl methyl sites for hydroxylation is 1. The van der Waals surface area contributed by atoms with E-state index in [4.69, 9.17) is 0 Å². The number of hydrogen-bond donors (Lipinski definition) is 1. The van der Waals surface area contributed by atoms with Crippen molar-refractivity contribution in [3.05, 3.63) is 35.4 Å². The smallest absolute Gasteiger partial charge is 0.241 e. The number of carbonyl (C=O) groups is 2. The first-order valence-corrected chi connectivity index (χ1v) is 7.53. The Balaban J connectivity index is 2.56. The third-order valence-corrected chi connectivity index (χ3v) is 3.52. The van der Waals surface area contributed by atoms with Crippen molar-refractivity contribution >= 4 is 11.8 Å². The fraction of sp³-hybridized carbons (Fsp3) is 0.529. The molecular weight excluding hydrogens is 278 g/mol. The van der Waals surface area contributed by atoms with Gasteiger partial charge in [0, 0.05) is 27.1 Å². The summed E-state index contributed by atoms with van der Waals surface area (Å²) in [6, 6.07) is 7.67. The van der Waals surface area contributed by atoms with Gasteiger partial charge in [0.15, 0.2) is 0 Å². The molecule has 1 atom stereocenters. The summed E-state index contributed by atoms with van der Waals surface area (Å²) >= 11 is 0. The molecule has 22 heavy (non-hydrogen) atoms. The van der Waals surface area contributed by atoms with Gasteiger partial charge < -0.3 is 10.2 Å². The standard InChI is InChI=1S/C17H27N3O2/c1-13-8-10-14(11-9-13)16(20(4)5)17(22)18-12-6-7-15(21)19(2)3/h8-11,16H,6-7,12H2,1-5H3,(H,18,22)/t16-/m1/s1. The van der Waals surface area contributed by atoms with E-state index in [2.05, 4.69) is 5.32 Å². The largest absolute Gasteiger partial charge is 0.354 e. The van der Waals surface area contributed by atoms with Gasteiger partial charge in [0.05, 0.1) is 0 Å². The molecule has 0 aliphatic rings. The zero-order valence-electron chi connectivity index (χ0n) is 14.2. The van der Waals surface area contributed by atoms with Crippen LogP contribution in [0.1, 0.15) is 30.0 Å². The highest BCUT2D eigenvalue weighted by atomic mass is 16.2. The van der Waals surface area contributed by atoms with Crippen LogP contribution in [0.5, 0.6) is 0 Å². The van der Waals surface area contributed by atoms with Crippen molar-refractivity contribution in [1.29, 1.82) is 0 Å². The number of likely N-dealkylation sites (N-methyl/N-ethyl adjacent to an activating group) is 1. The molecule has 0 heterocycles. The van der Waals surface area contributed by atoms with E-state index in [1.165, 1.54) is 5.56 Å². The molecule has 5 nitrogen and oxygen atoms in total. The van der Waals surface area contributed by atoms with Gasteiger partial charge in [0.25, 0.3) is 0 Å². The van der Waals surface area contributed by atoms with E-state index in [0.717, 1.165) is 5.56 Å². The Morgan fingerprint density at radius 1 is 1.09 bits per heavy atom. The minimum absolute atomic E-state index is 0.0360. The van der Waals surface area contributed by atoms with Crippen molar-refractivity contribution in [2.45, 2.75) is 25.8 Å². The Bertz CT molecular complexity index is 495. The quantitative estimate of drug-likeness (QED) is 0.778. The topological polar surface area (TPSA) is 52.7 Å². The van der Waals surface area contributed by atoms with Crippen LogP contribution in [0.15, 0.2) is 24.3 Å². The summed E-state index contributed by atoms with van der Waals surface area (Å²) in [4.78, 5) is 27.3. The zero-order valence-corrected chi connectivity index (χ0v) is 14.2. The first-order valence-electron chi connectivity index (χ1n) is 7.53. The average molecular weight is 305 g/mol. The average Bonchev–Trinajstić information content (AvgIpc) is 2.45. The predicted molar refractivity (Wildman–Crippen MR) is 88.5 cm³/mol. The molecule has 122 valence electrons. The second kappa shape index (κ2) is 8.54. The first kappa shape index (κ1) is 18.2. The molecule has 0 saturated carbocycles. The molecule has 0 spiro atoms. The van der Waals surface area contributed by atoms with E-state index in [-0.39, 0.29) is 17.9 Å². The van der Waals surface area contributed by atoms with Gasteiger partial charge in [-0.25, -0.2) is 0 Å². The molecule has 1 N–H and O–H groups in total. The Hall–Kier alpha value is -1.88. The predicted octanol–water partition coefficient (Wildman–Crippen LogP) is 1.58. The van der Waals surface area contributed by atoms with Crippen LogP contribution in [0.4, 0.5) is 0 Å². The zero-order chi connectivity index (χ0) is 16.7. The van der Waals surface area contributed by atoms with Crippen molar-refractivity contribution in [3.8, 4) is 0 Å². The molecule has 0 radical (unpaired) electrons. The Morgan fingerprint density at radius 2 is 1.68 bits per heavy atom. The van der Waals surface area contributed by atoms with Crippen LogP contribution in [0.25, 0.3) is 0 Å². The highest BCUT2D eigenvalue weighted by molar-refractivity contribution is 5.83. The lowest BCUT2D eigenvalue weighted by Crippen LogP contribution is -2.37. The van der Waals surface area contributed by atoms with Crippen LogP contribution in [0, 0.1) is 6.92 Å². The van der Waals surface area contributed by atoms with Gasteiger partial charge in [0.2, 0.25) is 11.8 Å². The van der Waals surface area contributed by atoms with Crippen molar-refractivity contribution in [2.75, 3.05) is 34.7 Å². The van der Waals surface area contributed by atoms with Gasteiger partial charge in [-0.15, -0.1) is 0 Å². The Labute approximate surface area is 133 Å². The minimum atomic E-state index is -0.315. The van der Waals surface area contributed by atoms with E-state index in [9.17, 15) is 9.59 Å². The van der Waals surface area contributed by atoms with Crippen LogP contribution in [0.2, 0.25) is 0 Å². The number of hydrogen-bond acceptors (Lipinski definition) is 3. The second-order valence-electron chi connectivity index (χ2n) is 5.96. The highest BCUT2D eigenvalue weighted by Gasteiger charge is 2.22. The summed E-state index contributed by atoms with van der Waals surface area (Å²) in [5, 5.41) is 2.92. The van der Waals surface area contributed by atoms with E-state index in [0.29, 0.717) is 19.4 Å². The van der Waals surface area contributed by atoms with Crippen molar-refractivity contribution < 1.29 is 9.59 Å². The van der Waals surface area contributed by atoms with E-state index in [1.54, 1.807) is 19.0 Å². The van der Waals surface area contributed by atoms with Gasteiger partial charge >= 0.3 is 0 Å². The van der Waals surface area contributed by atoms with Crippen molar-refractivity contribution in [2.24, 2.45) is 0 Å². The Kier molecular flexibility index (Phi) is 7.05. The summed E-state index contributed by atoms with van der Waals surface area (Å²) < 4.78 is 0. The lowest BCUT2D eigenvalue weighted by Gasteiger charge is -2.24. The molecule has 0 aromatic heterocycles. The number of nitrogens with zero attached hydrogens (tertiary/aromatic N) is 2. The summed E-state index contributed by atoms with van der Waals surface area (Å²) in [5.74, 6) is 0.0445. The molecule has 0 aliphatic carbocycles. The van der Waals surface area contributed by atoms with Gasteiger partial charge in [0.1, 0.15) is 6.04 Å². The van der Waals surface area contributed by atoms with Crippen LogP contribution in [0.3, 0.4) is 0 Å². The molecule has 0 bridgehead atoms. The Morgan fingerprint density at radius 3 is 2.18 bits per heavy atom. The molecule has 5 heteroatoms. The van der Waals surface area contributed by atoms with E-state index >= 15 is 0 Å². The van der Waals surface area contributed by atoms with Crippen LogP contribution >= 0.6 is 0 Å². The lowest BCUT2D eigenvalue weighted by molar-refractivity contribution is -0.129. The second-order valence-corrected chi connectivity index (χ2v) is 5.96. The van der Waals surface area contributed by atoms with E-state index < -0.39 is 0 Å². The molecule has 1 aromatic rings. The molecule has 0 aliphatic heterocycles. The fourth-order valence-corrected chi connectivity index (χ4v) is 2.20. The van der Waals surface area contributed by atoms with Gasteiger partial charge in [-0.1, -0.05) is 29.8 Å². The monoisotopic (exact) mass is 305 g/mol. The molecular formula is C17H27N3O2. The molecule has 0 saturated heterocycles. The number of rotatable bonds is 7. The summed E-state index contributed by atoms with van der Waals surface area (Å²) in [7, 11) is 7.25. The highest BCUT2D eigenvalue weighted by Crippen LogP contribution is 2.18. The third kappa shape index (κ3) is 5.48. The number of benzene rings is 1. The van der Waals surface area contributed by atoms with Gasteiger partial charge in [-0.05, 0) is 33.0 Å². The SMILES string of the molecule is Cc1ccc([C@H](C(=O)NCCCC(=O)N(C)C)N(C)C)cc1. The van der Waals surface area contributed by atoms with Crippen LogP contribution in [-0.4, -0.2) is 56.3 Å². The molecule has 0 fully saturated rings. The first-order chi connectivity index (χ1) is 10.3. The molecule has 1 aromatic carbocycles. The number of nitrogens with one attached hydrogen (secondary N) is 1. The summed E-state index contributed by atoms with van der Waals surface area (Å²) in [6.45, 7) is 2.53. The summed E-state index contributed by atoms with van der Waals surface area (Å²) in [6.07, 6.45) is 1.10. The fourth-order valence-electron chi connectivity index (χ4n) is 2.20. The van der Waals surface area contributed by atoms with Gasteiger partial charge in [-0.2, -0.15) is 0 Å². The number of carbonyl (C=O) groups excluding carboxylic acids is 2. The maximum absolute atomic E-state index is 12.4. The van der Waals surface area contributed by atoms with Crippen molar-refractivity contribution in [3.63, 3.8) is 0 Å². The third-order valence-electron chi connectivity index (χ3n) is 3.52. The normalized spacial score (nSPS) is 12.1. The maximum Gasteiger partial charge on any atom is 0.241 e. The minimum Gasteiger partial charge on any atom is -0.354 e. The van der Waals surface area contributed by atoms with Crippen LogP contribution < -0.4 is 5.32 Å². The maximum atomic E-state index is 12.4. The van der Waals surface area contributed by atoms with Crippen molar-refractivity contribution in [1.82, 2.24) is 15.1 Å². The molecule has 1 rings (SSSR count). The lowest BCUT2D eigenvalue weighted by atomic mass is 10.0. The van der Waals surface area contributed by atoms with Gasteiger partial charge in [-0.3, -0.25) is 14.5 Å². The molecule has 0 unspecified atom stereocenters. The number of amides is 2.